The van der Waals surface area contributed by atoms with Gasteiger partial charge in [-0.1, -0.05) is 30.7 Å². The maximum atomic E-state index is 12.3. The lowest BCUT2D eigenvalue weighted by Crippen LogP contribution is -2.44. The van der Waals surface area contributed by atoms with E-state index in [1.807, 2.05) is 11.8 Å². The van der Waals surface area contributed by atoms with Gasteiger partial charge in [0, 0.05) is 26.2 Å². The molecule has 3 rings (SSSR count). The number of rotatable bonds is 7. The summed E-state index contributed by atoms with van der Waals surface area (Å²) in [6.45, 7) is 8.92. The largest absolute Gasteiger partial charge is 0.357 e. The first-order chi connectivity index (χ1) is 13.8. The van der Waals surface area contributed by atoms with Gasteiger partial charge in [-0.3, -0.25) is 9.69 Å². The number of hydrogen-bond donors (Lipinski definition) is 2. The Balaban J connectivity index is 1.58. The Hall–Kier alpha value is -2.08. The second-order valence-corrected chi connectivity index (χ2v) is 7.74. The molecule has 1 aromatic rings. The van der Waals surface area contributed by atoms with Crippen molar-refractivity contribution < 1.29 is 4.79 Å². The Labute approximate surface area is 169 Å². The quantitative estimate of drug-likeness (QED) is 0.559. The molecule has 154 valence electrons. The highest BCUT2D eigenvalue weighted by molar-refractivity contribution is 5.86. The Kier molecular flexibility index (Phi) is 8.15. The van der Waals surface area contributed by atoms with Gasteiger partial charge in [0.2, 0.25) is 5.91 Å². The van der Waals surface area contributed by atoms with E-state index in [4.69, 9.17) is 4.99 Å². The molecular formula is C22H35N5O. The van der Waals surface area contributed by atoms with Gasteiger partial charge in [0.1, 0.15) is 0 Å². The molecule has 0 aromatic heterocycles. The van der Waals surface area contributed by atoms with Crippen LogP contribution in [0.15, 0.2) is 29.3 Å². The molecule has 0 unspecified atom stereocenters. The zero-order valence-corrected chi connectivity index (χ0v) is 17.3. The fraction of sp³-hybridized carbons (Fsp3) is 0.636. The van der Waals surface area contributed by atoms with Crippen molar-refractivity contribution in [2.24, 2.45) is 4.99 Å². The number of nitrogens with one attached hydrogen (secondary N) is 2. The first kappa shape index (κ1) is 20.6. The summed E-state index contributed by atoms with van der Waals surface area (Å²) < 4.78 is 0. The topological polar surface area (TPSA) is 60.0 Å². The second-order valence-electron chi connectivity index (χ2n) is 7.74. The van der Waals surface area contributed by atoms with E-state index in [9.17, 15) is 4.79 Å². The van der Waals surface area contributed by atoms with E-state index in [0.717, 1.165) is 39.0 Å². The lowest BCUT2D eigenvalue weighted by molar-refractivity contribution is -0.128. The molecule has 2 aliphatic heterocycles. The first-order valence-electron chi connectivity index (χ1n) is 10.9. The summed E-state index contributed by atoms with van der Waals surface area (Å²) in [5.74, 6) is 0.872. The zero-order chi connectivity index (χ0) is 19.6. The maximum absolute atomic E-state index is 12.3. The molecule has 2 saturated heterocycles. The average Bonchev–Trinajstić information content (AvgIpc) is 3.27. The number of carbonyl (C=O) groups is 1. The number of amides is 1. The second kappa shape index (κ2) is 11.1. The third kappa shape index (κ3) is 6.23. The van der Waals surface area contributed by atoms with Crippen molar-refractivity contribution >= 4 is 11.9 Å². The minimum atomic E-state index is 0.161. The van der Waals surface area contributed by atoms with Crippen LogP contribution >= 0.6 is 0 Å². The number of likely N-dealkylation sites (tertiary alicyclic amines) is 2. The summed E-state index contributed by atoms with van der Waals surface area (Å²) in [7, 11) is 0. The van der Waals surface area contributed by atoms with Crippen molar-refractivity contribution in [3.8, 4) is 0 Å². The van der Waals surface area contributed by atoms with Crippen LogP contribution < -0.4 is 10.6 Å². The number of carbonyl (C=O) groups excluding carboxylic acids is 1. The molecule has 6 heteroatoms. The molecular weight excluding hydrogens is 350 g/mol. The predicted molar refractivity (Wildman–Crippen MR) is 114 cm³/mol. The third-order valence-electron chi connectivity index (χ3n) is 5.58. The lowest BCUT2D eigenvalue weighted by Gasteiger charge is -2.27. The van der Waals surface area contributed by atoms with Gasteiger partial charge in [0.15, 0.2) is 5.96 Å². The Morgan fingerprint density at radius 2 is 1.64 bits per heavy atom. The molecule has 6 nitrogen and oxygen atoms in total. The summed E-state index contributed by atoms with van der Waals surface area (Å²) in [6.07, 6.45) is 6.21. The van der Waals surface area contributed by atoms with Crippen molar-refractivity contribution in [1.82, 2.24) is 20.4 Å². The van der Waals surface area contributed by atoms with Gasteiger partial charge >= 0.3 is 0 Å². The summed E-state index contributed by atoms with van der Waals surface area (Å²) in [6, 6.07) is 8.59. The van der Waals surface area contributed by atoms with Gasteiger partial charge in [0.05, 0.1) is 13.1 Å². The minimum absolute atomic E-state index is 0.161. The van der Waals surface area contributed by atoms with E-state index in [-0.39, 0.29) is 5.91 Å². The smallest absolute Gasteiger partial charge is 0.241 e. The monoisotopic (exact) mass is 385 g/mol. The zero-order valence-electron chi connectivity index (χ0n) is 17.3. The van der Waals surface area contributed by atoms with Crippen LogP contribution in [0, 0.1) is 0 Å². The van der Waals surface area contributed by atoms with Gasteiger partial charge in [-0.05, 0) is 56.8 Å². The lowest BCUT2D eigenvalue weighted by atomic mass is 10.1. The van der Waals surface area contributed by atoms with Crippen LogP contribution in [0.25, 0.3) is 0 Å². The number of piperidine rings is 1. The summed E-state index contributed by atoms with van der Waals surface area (Å²) in [5, 5.41) is 6.46. The number of nitrogens with zero attached hydrogens (tertiary/aromatic N) is 3. The standard InChI is InChI=1S/C22H35N5O/c1-2-23-22(25-17-21(28)27-14-8-9-15-27)24-16-19-10-4-5-11-20(19)18-26-12-6-3-7-13-26/h4-5,10-11H,2-3,6-9,12-18H2,1H3,(H2,23,24,25). The van der Waals surface area contributed by atoms with Crippen LogP contribution in [0.1, 0.15) is 50.2 Å². The third-order valence-corrected chi connectivity index (χ3v) is 5.58. The van der Waals surface area contributed by atoms with Gasteiger partial charge in [0.25, 0.3) is 0 Å². The van der Waals surface area contributed by atoms with E-state index >= 15 is 0 Å². The summed E-state index contributed by atoms with van der Waals surface area (Å²) in [5.41, 5.74) is 2.62. The van der Waals surface area contributed by atoms with Crippen LogP contribution in [-0.4, -0.2) is 60.9 Å². The van der Waals surface area contributed by atoms with E-state index in [2.05, 4.69) is 39.8 Å². The van der Waals surface area contributed by atoms with Crippen molar-refractivity contribution in [2.45, 2.75) is 52.1 Å². The van der Waals surface area contributed by atoms with Gasteiger partial charge < -0.3 is 15.5 Å². The van der Waals surface area contributed by atoms with Crippen LogP contribution in [0.3, 0.4) is 0 Å². The molecule has 1 amide bonds. The number of hydrogen-bond acceptors (Lipinski definition) is 3. The fourth-order valence-corrected chi connectivity index (χ4v) is 3.97. The van der Waals surface area contributed by atoms with E-state index < -0.39 is 0 Å². The molecule has 0 atom stereocenters. The van der Waals surface area contributed by atoms with E-state index in [0.29, 0.717) is 19.0 Å². The summed E-state index contributed by atoms with van der Waals surface area (Å²) in [4.78, 5) is 21.5. The van der Waals surface area contributed by atoms with Crippen molar-refractivity contribution in [3.05, 3.63) is 35.4 Å². The highest BCUT2D eigenvalue weighted by Gasteiger charge is 2.17. The molecule has 28 heavy (non-hydrogen) atoms. The predicted octanol–water partition coefficient (Wildman–Crippen LogP) is 2.35. The number of guanidine groups is 1. The molecule has 2 heterocycles. The molecule has 1 aromatic carbocycles. The van der Waals surface area contributed by atoms with Crippen molar-refractivity contribution in [1.29, 1.82) is 0 Å². The first-order valence-corrected chi connectivity index (χ1v) is 10.9. The molecule has 0 bridgehead atoms. The SMILES string of the molecule is CCNC(=NCc1ccccc1CN1CCCCC1)NCC(=O)N1CCCC1. The molecule has 0 saturated carbocycles. The summed E-state index contributed by atoms with van der Waals surface area (Å²) >= 11 is 0. The molecule has 2 aliphatic rings. The average molecular weight is 386 g/mol. The molecule has 0 aliphatic carbocycles. The number of aliphatic imine (C=N–C) groups is 1. The Morgan fingerprint density at radius 3 is 2.36 bits per heavy atom. The van der Waals surface area contributed by atoms with Crippen LogP contribution in [-0.2, 0) is 17.9 Å². The van der Waals surface area contributed by atoms with Crippen LogP contribution in [0.2, 0.25) is 0 Å². The Morgan fingerprint density at radius 1 is 0.964 bits per heavy atom. The Bertz CT molecular complexity index is 648. The molecule has 0 spiro atoms. The normalized spacial score (nSPS) is 18.3. The van der Waals surface area contributed by atoms with Gasteiger partial charge in [-0.2, -0.15) is 0 Å². The van der Waals surface area contributed by atoms with Crippen molar-refractivity contribution in [2.75, 3.05) is 39.3 Å². The minimum Gasteiger partial charge on any atom is -0.357 e. The highest BCUT2D eigenvalue weighted by Crippen LogP contribution is 2.17. The van der Waals surface area contributed by atoms with Crippen LogP contribution in [0.5, 0.6) is 0 Å². The van der Waals surface area contributed by atoms with Gasteiger partial charge in [-0.25, -0.2) is 4.99 Å². The maximum Gasteiger partial charge on any atom is 0.241 e. The number of benzene rings is 1. The molecule has 2 N–H and O–H groups in total. The molecule has 0 radical (unpaired) electrons. The van der Waals surface area contributed by atoms with Crippen LogP contribution in [0.4, 0.5) is 0 Å². The van der Waals surface area contributed by atoms with E-state index in [1.165, 1.54) is 43.5 Å². The fourth-order valence-electron chi connectivity index (χ4n) is 3.97. The molecule has 2 fully saturated rings. The van der Waals surface area contributed by atoms with E-state index in [1.54, 1.807) is 0 Å². The van der Waals surface area contributed by atoms with Crippen molar-refractivity contribution in [3.63, 3.8) is 0 Å². The van der Waals surface area contributed by atoms with Gasteiger partial charge in [-0.15, -0.1) is 0 Å². The highest BCUT2D eigenvalue weighted by atomic mass is 16.2.